The van der Waals surface area contributed by atoms with E-state index in [0.29, 0.717) is 18.3 Å². The number of pyridine rings is 1. The largest absolute Gasteiger partial charge is 0.481 e. The zero-order valence-electron chi connectivity index (χ0n) is 15.0. The quantitative estimate of drug-likeness (QED) is 0.550. The third-order valence-electron chi connectivity index (χ3n) is 4.82. The molecule has 0 spiro atoms. The van der Waals surface area contributed by atoms with Crippen LogP contribution in [0.5, 0.6) is 0 Å². The lowest BCUT2D eigenvalue weighted by atomic mass is 9.79. The van der Waals surface area contributed by atoms with Gasteiger partial charge < -0.3 is 15.7 Å². The number of rotatable bonds is 8. The van der Waals surface area contributed by atoms with Crippen molar-refractivity contribution in [1.82, 2.24) is 30.9 Å². The van der Waals surface area contributed by atoms with Gasteiger partial charge in [-0.25, -0.2) is 4.98 Å². The Morgan fingerprint density at radius 3 is 2.81 bits per heavy atom. The molecule has 3 rings (SSSR count). The zero-order chi connectivity index (χ0) is 18.5. The Labute approximate surface area is 152 Å². The first-order chi connectivity index (χ1) is 12.5. The molecule has 0 unspecified atom stereocenters. The molecule has 2 aromatic heterocycles. The fraction of sp³-hybridized carbons (Fsp3) is 0.588. The van der Waals surface area contributed by atoms with Gasteiger partial charge in [-0.1, -0.05) is 25.1 Å². The number of nitrogens with one attached hydrogen (secondary N) is 3. The van der Waals surface area contributed by atoms with Crippen molar-refractivity contribution in [1.29, 1.82) is 0 Å². The highest BCUT2D eigenvalue weighted by Gasteiger charge is 2.35. The maximum absolute atomic E-state index is 11.8. The zero-order valence-corrected chi connectivity index (χ0v) is 15.0. The first-order valence-corrected chi connectivity index (χ1v) is 8.93. The van der Waals surface area contributed by atoms with Crippen molar-refractivity contribution < 1.29 is 9.90 Å². The molecule has 1 aliphatic heterocycles. The summed E-state index contributed by atoms with van der Waals surface area (Å²) in [5.74, 6) is -0.627. The molecule has 0 amide bonds. The normalized spacial score (nSPS) is 19.4. The lowest BCUT2D eigenvalue weighted by molar-refractivity contribution is -0.144. The molecule has 140 valence electrons. The summed E-state index contributed by atoms with van der Waals surface area (Å²) in [4.78, 5) is 16.3. The summed E-state index contributed by atoms with van der Waals surface area (Å²) in [5, 5.41) is 30.5. The lowest BCUT2D eigenvalue weighted by Gasteiger charge is -2.24. The molecule has 9 heteroatoms. The Morgan fingerprint density at radius 1 is 1.42 bits per heavy atom. The van der Waals surface area contributed by atoms with Crippen molar-refractivity contribution in [2.45, 2.75) is 38.6 Å². The van der Waals surface area contributed by atoms with Crippen LogP contribution in [-0.2, 0) is 11.2 Å². The van der Waals surface area contributed by atoms with E-state index in [1.165, 1.54) is 0 Å². The minimum Gasteiger partial charge on any atom is -0.481 e. The molecule has 0 radical (unpaired) electrons. The van der Waals surface area contributed by atoms with Gasteiger partial charge in [0.25, 0.3) is 0 Å². The molecule has 3 heterocycles. The highest BCUT2D eigenvalue weighted by atomic mass is 16.4. The van der Waals surface area contributed by atoms with Gasteiger partial charge in [0.1, 0.15) is 5.82 Å². The molecule has 1 fully saturated rings. The summed E-state index contributed by atoms with van der Waals surface area (Å²) < 4.78 is 0. The highest BCUT2D eigenvalue weighted by Crippen LogP contribution is 2.31. The Bertz CT molecular complexity index is 696. The smallest absolute Gasteiger partial charge is 0.307 e. The number of hydrogen-bond donors (Lipinski definition) is 4. The van der Waals surface area contributed by atoms with Crippen LogP contribution < -0.4 is 10.6 Å². The average Bonchev–Trinajstić information content (AvgIpc) is 3.28. The molecular weight excluding hydrogens is 334 g/mol. The van der Waals surface area contributed by atoms with Crippen molar-refractivity contribution in [3.63, 3.8) is 0 Å². The van der Waals surface area contributed by atoms with E-state index in [1.807, 2.05) is 26.0 Å². The van der Waals surface area contributed by atoms with E-state index in [-0.39, 0.29) is 11.8 Å². The maximum atomic E-state index is 11.8. The Kier molecular flexibility index (Phi) is 5.77. The number of aromatic amines is 1. The monoisotopic (exact) mass is 359 g/mol. The van der Waals surface area contributed by atoms with Gasteiger partial charge in [-0.05, 0) is 36.9 Å². The number of tetrazole rings is 1. The molecule has 0 aromatic carbocycles. The van der Waals surface area contributed by atoms with Gasteiger partial charge in [0.15, 0.2) is 5.82 Å². The number of hydrogen-bond acceptors (Lipinski definition) is 7. The number of carboxylic acid groups (broad SMARTS) is 1. The molecule has 1 aliphatic rings. The van der Waals surface area contributed by atoms with Gasteiger partial charge in [-0.2, -0.15) is 5.21 Å². The summed E-state index contributed by atoms with van der Waals surface area (Å²) in [6, 6.07) is 4.31. The average molecular weight is 359 g/mol. The summed E-state index contributed by atoms with van der Waals surface area (Å²) in [6.45, 7) is 5.76. The van der Waals surface area contributed by atoms with Crippen LogP contribution >= 0.6 is 0 Å². The molecule has 0 saturated carbocycles. The summed E-state index contributed by atoms with van der Waals surface area (Å²) in [5.41, 5.74) is 0.946. The van der Waals surface area contributed by atoms with Crippen molar-refractivity contribution in [3.8, 4) is 0 Å². The SMILES string of the molecule is CC(C)[C@H](C(=O)O)[C@H](Cc1ccc(N[C@@H]2CCNC2)nc1)c1nn[nH]n1. The van der Waals surface area contributed by atoms with Gasteiger partial charge in [0.05, 0.1) is 5.92 Å². The van der Waals surface area contributed by atoms with E-state index in [1.54, 1.807) is 6.20 Å². The van der Waals surface area contributed by atoms with E-state index < -0.39 is 11.9 Å². The van der Waals surface area contributed by atoms with Gasteiger partial charge >= 0.3 is 5.97 Å². The highest BCUT2D eigenvalue weighted by molar-refractivity contribution is 5.71. The number of nitrogens with zero attached hydrogens (tertiary/aromatic N) is 4. The molecule has 0 aliphatic carbocycles. The topological polar surface area (TPSA) is 129 Å². The second-order valence-electron chi connectivity index (χ2n) is 7.07. The molecule has 4 N–H and O–H groups in total. The molecule has 1 saturated heterocycles. The van der Waals surface area contributed by atoms with E-state index in [4.69, 9.17) is 0 Å². The van der Waals surface area contributed by atoms with Gasteiger partial charge in [-0.3, -0.25) is 4.79 Å². The van der Waals surface area contributed by atoms with Crippen LogP contribution in [0.15, 0.2) is 18.3 Å². The molecule has 3 atom stereocenters. The van der Waals surface area contributed by atoms with Crippen LogP contribution in [0.3, 0.4) is 0 Å². The van der Waals surface area contributed by atoms with Crippen molar-refractivity contribution >= 4 is 11.8 Å². The molecule has 2 aromatic rings. The van der Waals surface area contributed by atoms with Crippen LogP contribution in [-0.4, -0.2) is 55.8 Å². The minimum atomic E-state index is -0.852. The van der Waals surface area contributed by atoms with Crippen molar-refractivity contribution in [3.05, 3.63) is 29.7 Å². The van der Waals surface area contributed by atoms with Crippen LogP contribution in [0, 0.1) is 11.8 Å². The summed E-state index contributed by atoms with van der Waals surface area (Å²) >= 11 is 0. The second-order valence-corrected chi connectivity index (χ2v) is 7.07. The first kappa shape index (κ1) is 18.2. The first-order valence-electron chi connectivity index (χ1n) is 8.93. The predicted octanol–water partition coefficient (Wildman–Crippen LogP) is 1.05. The second kappa shape index (κ2) is 8.22. The summed E-state index contributed by atoms with van der Waals surface area (Å²) in [7, 11) is 0. The Hall–Kier alpha value is -2.55. The van der Waals surface area contributed by atoms with Gasteiger partial charge in [0.2, 0.25) is 0 Å². The molecule has 0 bridgehead atoms. The third-order valence-corrected chi connectivity index (χ3v) is 4.82. The Morgan fingerprint density at radius 2 is 2.27 bits per heavy atom. The fourth-order valence-electron chi connectivity index (χ4n) is 3.50. The maximum Gasteiger partial charge on any atom is 0.307 e. The number of carbonyl (C=O) groups is 1. The van der Waals surface area contributed by atoms with Crippen LogP contribution in [0.1, 0.15) is 37.6 Å². The summed E-state index contributed by atoms with van der Waals surface area (Å²) in [6.07, 6.45) is 3.36. The van der Waals surface area contributed by atoms with Crippen LogP contribution in [0.4, 0.5) is 5.82 Å². The number of anilines is 1. The van der Waals surface area contributed by atoms with Crippen LogP contribution in [0.2, 0.25) is 0 Å². The minimum absolute atomic E-state index is 0.0558. The van der Waals surface area contributed by atoms with Crippen LogP contribution in [0.25, 0.3) is 0 Å². The molecular formula is C17H25N7O2. The fourth-order valence-corrected chi connectivity index (χ4v) is 3.50. The molecule has 26 heavy (non-hydrogen) atoms. The van der Waals surface area contributed by atoms with E-state index in [0.717, 1.165) is 30.9 Å². The standard InChI is InChI=1S/C17H25N7O2/c1-10(2)15(17(25)26)13(16-21-23-24-22-16)7-11-3-4-14(19-8-11)20-12-5-6-18-9-12/h3-4,8,10,12-13,15,18H,5-7,9H2,1-2H3,(H,19,20)(H,25,26)(H,21,22,23,24)/t12-,13+,15+/m1/s1. The number of H-pyrrole nitrogens is 1. The number of aliphatic carboxylic acids is 1. The lowest BCUT2D eigenvalue weighted by Crippen LogP contribution is -2.29. The van der Waals surface area contributed by atoms with E-state index in [2.05, 4.69) is 36.2 Å². The van der Waals surface area contributed by atoms with E-state index in [9.17, 15) is 9.90 Å². The van der Waals surface area contributed by atoms with E-state index >= 15 is 0 Å². The van der Waals surface area contributed by atoms with Gasteiger partial charge in [-0.15, -0.1) is 10.2 Å². The van der Waals surface area contributed by atoms with Crippen molar-refractivity contribution in [2.24, 2.45) is 11.8 Å². The third kappa shape index (κ3) is 4.34. The Balaban J connectivity index is 1.75. The number of aromatic nitrogens is 5. The number of carboxylic acids is 1. The predicted molar refractivity (Wildman–Crippen MR) is 95.7 cm³/mol. The van der Waals surface area contributed by atoms with Crippen molar-refractivity contribution in [2.75, 3.05) is 18.4 Å². The van der Waals surface area contributed by atoms with Gasteiger partial charge in [0, 0.05) is 24.7 Å². The molecule has 9 nitrogen and oxygen atoms in total.